The van der Waals surface area contributed by atoms with Crippen molar-refractivity contribution in [2.24, 2.45) is 0 Å². The Balaban J connectivity index is 1.69. The van der Waals surface area contributed by atoms with Gasteiger partial charge in [-0.3, -0.25) is 0 Å². The van der Waals surface area contributed by atoms with Gasteiger partial charge in [-0.05, 0) is 31.0 Å². The minimum Gasteiger partial charge on any atom is -0.377 e. The fourth-order valence-electron chi connectivity index (χ4n) is 2.49. The van der Waals surface area contributed by atoms with Gasteiger partial charge in [0, 0.05) is 25.8 Å². The SMILES string of the molecule is COCc1nc2n(n1)CC(Nc1cc(C)ccn1)CC2. The molecule has 1 N–H and O–H groups in total. The standard InChI is InChI=1S/C14H19N5O/c1-10-5-6-15-12(7-10)16-11-3-4-14-17-13(9-20-2)18-19(14)8-11/h5-7,11H,3-4,8-9H2,1-2H3,(H,15,16). The van der Waals surface area contributed by atoms with Crippen molar-refractivity contribution in [1.82, 2.24) is 19.7 Å². The normalized spacial score (nSPS) is 17.8. The summed E-state index contributed by atoms with van der Waals surface area (Å²) in [4.78, 5) is 8.83. The number of aromatic nitrogens is 4. The molecule has 20 heavy (non-hydrogen) atoms. The Labute approximate surface area is 118 Å². The van der Waals surface area contributed by atoms with E-state index in [9.17, 15) is 0 Å². The van der Waals surface area contributed by atoms with E-state index in [1.54, 1.807) is 7.11 Å². The van der Waals surface area contributed by atoms with Crippen molar-refractivity contribution in [1.29, 1.82) is 0 Å². The van der Waals surface area contributed by atoms with E-state index in [1.165, 1.54) is 5.56 Å². The molecular formula is C14H19N5O. The molecule has 0 saturated heterocycles. The highest BCUT2D eigenvalue weighted by atomic mass is 16.5. The number of nitrogens with one attached hydrogen (secondary N) is 1. The molecule has 3 heterocycles. The molecule has 106 valence electrons. The number of rotatable bonds is 4. The second-order valence-electron chi connectivity index (χ2n) is 5.16. The number of anilines is 1. The molecule has 0 fully saturated rings. The van der Waals surface area contributed by atoms with Crippen molar-refractivity contribution in [3.05, 3.63) is 35.5 Å². The zero-order valence-electron chi connectivity index (χ0n) is 11.8. The van der Waals surface area contributed by atoms with Crippen LogP contribution in [0.5, 0.6) is 0 Å². The molecule has 1 aliphatic rings. The predicted octanol–water partition coefficient (Wildman–Crippen LogP) is 1.55. The lowest BCUT2D eigenvalue weighted by atomic mass is 10.1. The second-order valence-corrected chi connectivity index (χ2v) is 5.16. The quantitative estimate of drug-likeness (QED) is 0.915. The molecule has 3 rings (SSSR count). The molecule has 6 heteroatoms. The van der Waals surface area contributed by atoms with Crippen LogP contribution in [0.3, 0.4) is 0 Å². The summed E-state index contributed by atoms with van der Waals surface area (Å²) in [6.07, 6.45) is 3.80. The predicted molar refractivity (Wildman–Crippen MR) is 75.4 cm³/mol. The van der Waals surface area contributed by atoms with E-state index in [0.29, 0.717) is 12.6 Å². The Morgan fingerprint density at radius 2 is 2.40 bits per heavy atom. The smallest absolute Gasteiger partial charge is 0.176 e. The van der Waals surface area contributed by atoms with Crippen LogP contribution in [0.1, 0.15) is 23.6 Å². The highest BCUT2D eigenvalue weighted by Crippen LogP contribution is 2.17. The molecule has 0 aliphatic carbocycles. The van der Waals surface area contributed by atoms with Crippen LogP contribution in [0.4, 0.5) is 5.82 Å². The molecule has 0 aromatic carbocycles. The van der Waals surface area contributed by atoms with Gasteiger partial charge in [0.05, 0.1) is 6.54 Å². The molecule has 2 aromatic rings. The number of fused-ring (bicyclic) bond motifs is 1. The molecular weight excluding hydrogens is 254 g/mol. The Bertz CT molecular complexity index is 595. The summed E-state index contributed by atoms with van der Waals surface area (Å²) in [6, 6.07) is 4.40. The van der Waals surface area contributed by atoms with Crippen molar-refractivity contribution >= 4 is 5.82 Å². The number of hydrogen-bond donors (Lipinski definition) is 1. The van der Waals surface area contributed by atoms with E-state index in [1.807, 2.05) is 16.9 Å². The van der Waals surface area contributed by atoms with Gasteiger partial charge in [-0.2, -0.15) is 5.10 Å². The molecule has 6 nitrogen and oxygen atoms in total. The van der Waals surface area contributed by atoms with Crippen molar-refractivity contribution in [3.63, 3.8) is 0 Å². The highest BCUT2D eigenvalue weighted by molar-refractivity contribution is 5.38. The largest absolute Gasteiger partial charge is 0.377 e. The number of methoxy groups -OCH3 is 1. The molecule has 0 amide bonds. The van der Waals surface area contributed by atoms with Crippen LogP contribution in [0.15, 0.2) is 18.3 Å². The fourth-order valence-corrected chi connectivity index (χ4v) is 2.49. The lowest BCUT2D eigenvalue weighted by molar-refractivity contribution is 0.177. The van der Waals surface area contributed by atoms with Crippen molar-refractivity contribution in [2.75, 3.05) is 12.4 Å². The van der Waals surface area contributed by atoms with Gasteiger partial charge in [0.25, 0.3) is 0 Å². The first-order valence-corrected chi connectivity index (χ1v) is 6.85. The Morgan fingerprint density at radius 3 is 3.20 bits per heavy atom. The highest BCUT2D eigenvalue weighted by Gasteiger charge is 2.21. The van der Waals surface area contributed by atoms with Gasteiger partial charge < -0.3 is 10.1 Å². The van der Waals surface area contributed by atoms with Crippen molar-refractivity contribution in [3.8, 4) is 0 Å². The molecule has 0 spiro atoms. The van der Waals surface area contributed by atoms with Crippen LogP contribution in [0, 0.1) is 6.92 Å². The second kappa shape index (κ2) is 5.58. The molecule has 0 bridgehead atoms. The van der Waals surface area contributed by atoms with Gasteiger partial charge in [0.15, 0.2) is 5.82 Å². The third-order valence-corrected chi connectivity index (χ3v) is 3.44. The maximum Gasteiger partial charge on any atom is 0.176 e. The van der Waals surface area contributed by atoms with E-state index in [2.05, 4.69) is 33.4 Å². The Hall–Kier alpha value is -1.95. The number of nitrogens with zero attached hydrogens (tertiary/aromatic N) is 4. The van der Waals surface area contributed by atoms with Crippen LogP contribution in [0.2, 0.25) is 0 Å². The van der Waals surface area contributed by atoms with E-state index in [-0.39, 0.29) is 0 Å². The third kappa shape index (κ3) is 2.80. The maximum atomic E-state index is 5.08. The number of ether oxygens (including phenoxy) is 1. The first kappa shape index (κ1) is 13.1. The first-order chi connectivity index (χ1) is 9.74. The first-order valence-electron chi connectivity index (χ1n) is 6.85. The number of hydrogen-bond acceptors (Lipinski definition) is 5. The molecule has 0 saturated carbocycles. The van der Waals surface area contributed by atoms with Gasteiger partial charge in [0.1, 0.15) is 18.2 Å². The summed E-state index contributed by atoms with van der Waals surface area (Å²) < 4.78 is 7.05. The monoisotopic (exact) mass is 273 g/mol. The maximum absolute atomic E-state index is 5.08. The number of pyridine rings is 1. The summed E-state index contributed by atoms with van der Waals surface area (Å²) in [5.41, 5.74) is 1.21. The van der Waals surface area contributed by atoms with Gasteiger partial charge in [0.2, 0.25) is 0 Å². The van der Waals surface area contributed by atoms with Gasteiger partial charge in [-0.25, -0.2) is 14.6 Å². The van der Waals surface area contributed by atoms with Crippen molar-refractivity contribution in [2.45, 2.75) is 39.0 Å². The Kier molecular flexibility index (Phi) is 3.64. The third-order valence-electron chi connectivity index (χ3n) is 3.44. The number of aryl methyl sites for hydroxylation is 2. The van der Waals surface area contributed by atoms with Crippen molar-refractivity contribution < 1.29 is 4.74 Å². The summed E-state index contributed by atoms with van der Waals surface area (Å²) >= 11 is 0. The van der Waals surface area contributed by atoms with Crippen LogP contribution in [-0.2, 0) is 24.3 Å². The molecule has 2 aromatic heterocycles. The van der Waals surface area contributed by atoms with E-state index < -0.39 is 0 Å². The molecule has 1 atom stereocenters. The minimum atomic E-state index is 0.342. The van der Waals surface area contributed by atoms with Crippen LogP contribution >= 0.6 is 0 Å². The lowest BCUT2D eigenvalue weighted by Crippen LogP contribution is -2.32. The Morgan fingerprint density at radius 1 is 1.50 bits per heavy atom. The zero-order valence-corrected chi connectivity index (χ0v) is 11.8. The fraction of sp³-hybridized carbons (Fsp3) is 0.500. The van der Waals surface area contributed by atoms with E-state index in [4.69, 9.17) is 4.74 Å². The average Bonchev–Trinajstić information content (AvgIpc) is 2.81. The van der Waals surface area contributed by atoms with Crippen LogP contribution in [0.25, 0.3) is 0 Å². The van der Waals surface area contributed by atoms with Crippen LogP contribution in [-0.4, -0.2) is 32.9 Å². The molecule has 1 unspecified atom stereocenters. The van der Waals surface area contributed by atoms with E-state index in [0.717, 1.165) is 36.9 Å². The molecule has 1 aliphatic heterocycles. The topological polar surface area (TPSA) is 64.9 Å². The zero-order chi connectivity index (χ0) is 13.9. The summed E-state index contributed by atoms with van der Waals surface area (Å²) in [6.45, 7) is 3.36. The van der Waals surface area contributed by atoms with Crippen LogP contribution < -0.4 is 5.32 Å². The minimum absolute atomic E-state index is 0.342. The van der Waals surface area contributed by atoms with Gasteiger partial charge in [-0.1, -0.05) is 0 Å². The van der Waals surface area contributed by atoms with Gasteiger partial charge in [-0.15, -0.1) is 0 Å². The molecule has 0 radical (unpaired) electrons. The summed E-state index contributed by atoms with van der Waals surface area (Å²) in [5, 5.41) is 7.94. The lowest BCUT2D eigenvalue weighted by Gasteiger charge is -2.24. The van der Waals surface area contributed by atoms with Gasteiger partial charge >= 0.3 is 0 Å². The average molecular weight is 273 g/mol. The summed E-state index contributed by atoms with van der Waals surface area (Å²) in [7, 11) is 1.66. The van der Waals surface area contributed by atoms with E-state index >= 15 is 0 Å². The summed E-state index contributed by atoms with van der Waals surface area (Å²) in [5.74, 6) is 2.74.